The fourth-order valence-electron chi connectivity index (χ4n) is 2.01. The Labute approximate surface area is 102 Å². The summed E-state index contributed by atoms with van der Waals surface area (Å²) in [7, 11) is 0. The number of fused-ring (bicyclic) bond motifs is 1. The van der Waals surface area contributed by atoms with Crippen LogP contribution in [0.1, 0.15) is 25.5 Å². The third-order valence-corrected chi connectivity index (χ3v) is 2.83. The molecule has 3 nitrogen and oxygen atoms in total. The van der Waals surface area contributed by atoms with Gasteiger partial charge >= 0.3 is 0 Å². The third kappa shape index (κ3) is 2.68. The molecule has 1 aromatic heterocycles. The van der Waals surface area contributed by atoms with E-state index in [0.29, 0.717) is 6.61 Å². The van der Waals surface area contributed by atoms with Crippen molar-refractivity contribution in [2.45, 2.75) is 19.9 Å². The van der Waals surface area contributed by atoms with Gasteiger partial charge in [-0.1, -0.05) is 25.1 Å². The number of rotatable bonds is 6. The summed E-state index contributed by atoms with van der Waals surface area (Å²) in [5.74, 6) is 0. The quantitative estimate of drug-likeness (QED) is 0.832. The van der Waals surface area contributed by atoms with Crippen LogP contribution in [0.15, 0.2) is 34.9 Å². The molecule has 1 heterocycles. The zero-order valence-electron chi connectivity index (χ0n) is 10.4. The van der Waals surface area contributed by atoms with E-state index in [0.717, 1.165) is 24.1 Å². The molecule has 1 aromatic carbocycles. The molecule has 1 unspecified atom stereocenters. The smallest absolute Gasteiger partial charge is 0.134 e. The normalized spacial score (nSPS) is 13.1. The summed E-state index contributed by atoms with van der Waals surface area (Å²) >= 11 is 0. The second-order valence-electron chi connectivity index (χ2n) is 3.96. The molecule has 0 amide bonds. The highest BCUT2D eigenvalue weighted by Crippen LogP contribution is 2.26. The number of para-hydroxylation sites is 1. The predicted molar refractivity (Wildman–Crippen MR) is 69.1 cm³/mol. The van der Waals surface area contributed by atoms with E-state index in [4.69, 9.17) is 9.15 Å². The molecule has 0 bridgehead atoms. The Hall–Kier alpha value is -1.32. The lowest BCUT2D eigenvalue weighted by atomic mass is 10.1. The summed E-state index contributed by atoms with van der Waals surface area (Å²) in [6.07, 6.45) is 1.83. The summed E-state index contributed by atoms with van der Waals surface area (Å²) in [4.78, 5) is 0. The van der Waals surface area contributed by atoms with Crippen LogP contribution in [-0.2, 0) is 4.74 Å². The molecule has 92 valence electrons. The highest BCUT2D eigenvalue weighted by Gasteiger charge is 2.15. The maximum Gasteiger partial charge on any atom is 0.134 e. The average molecular weight is 233 g/mol. The summed E-state index contributed by atoms with van der Waals surface area (Å²) in [5, 5.41) is 4.59. The maximum atomic E-state index is 5.56. The number of hydrogen-bond donors (Lipinski definition) is 1. The predicted octanol–water partition coefficient (Wildman–Crippen LogP) is 3.12. The number of hydrogen-bond acceptors (Lipinski definition) is 3. The van der Waals surface area contributed by atoms with Gasteiger partial charge in [-0.3, -0.25) is 0 Å². The topological polar surface area (TPSA) is 34.4 Å². The van der Waals surface area contributed by atoms with Crippen LogP contribution in [0.3, 0.4) is 0 Å². The highest BCUT2D eigenvalue weighted by atomic mass is 16.5. The Balaban J connectivity index is 2.27. The van der Waals surface area contributed by atoms with Crippen LogP contribution in [0.2, 0.25) is 0 Å². The summed E-state index contributed by atoms with van der Waals surface area (Å²) < 4.78 is 11.1. The van der Waals surface area contributed by atoms with Crippen molar-refractivity contribution >= 4 is 11.0 Å². The van der Waals surface area contributed by atoms with Gasteiger partial charge < -0.3 is 14.5 Å². The molecule has 1 atom stereocenters. The molecule has 2 aromatic rings. The summed E-state index contributed by atoms with van der Waals surface area (Å²) in [5.41, 5.74) is 2.11. The fourth-order valence-corrected chi connectivity index (χ4v) is 2.01. The minimum absolute atomic E-state index is 0.198. The van der Waals surface area contributed by atoms with Crippen LogP contribution in [0.5, 0.6) is 0 Å². The van der Waals surface area contributed by atoms with Gasteiger partial charge in [0.1, 0.15) is 5.58 Å². The fraction of sp³-hybridized carbons (Fsp3) is 0.429. The molecule has 0 radical (unpaired) electrons. The maximum absolute atomic E-state index is 5.56. The number of benzene rings is 1. The Morgan fingerprint density at radius 3 is 2.88 bits per heavy atom. The lowest BCUT2D eigenvalue weighted by molar-refractivity contribution is 0.123. The Kier molecular flexibility index (Phi) is 4.18. The number of ether oxygens (including phenoxy) is 1. The standard InChI is InChI=1S/C14H19NO2/c1-3-15-13(10-16-4-2)12-9-17-14-8-6-5-7-11(12)14/h5-9,13,15H,3-4,10H2,1-2H3. The number of furan rings is 1. The molecule has 0 saturated heterocycles. The first kappa shape index (κ1) is 12.1. The average Bonchev–Trinajstić information content (AvgIpc) is 2.78. The molecule has 1 N–H and O–H groups in total. The van der Waals surface area contributed by atoms with Crippen LogP contribution >= 0.6 is 0 Å². The van der Waals surface area contributed by atoms with Gasteiger partial charge in [-0.05, 0) is 19.5 Å². The van der Waals surface area contributed by atoms with Gasteiger partial charge in [0.2, 0.25) is 0 Å². The number of nitrogens with one attached hydrogen (secondary N) is 1. The summed E-state index contributed by atoms with van der Waals surface area (Å²) in [6.45, 7) is 6.43. The van der Waals surface area contributed by atoms with E-state index in [2.05, 4.69) is 18.3 Å². The monoisotopic (exact) mass is 233 g/mol. The van der Waals surface area contributed by atoms with E-state index in [1.807, 2.05) is 31.4 Å². The van der Waals surface area contributed by atoms with E-state index in [9.17, 15) is 0 Å². The van der Waals surface area contributed by atoms with E-state index in [1.54, 1.807) is 0 Å². The van der Waals surface area contributed by atoms with Crippen molar-refractivity contribution in [1.29, 1.82) is 0 Å². The molecular weight excluding hydrogens is 214 g/mol. The second-order valence-corrected chi connectivity index (χ2v) is 3.96. The van der Waals surface area contributed by atoms with Gasteiger partial charge in [-0.2, -0.15) is 0 Å². The molecule has 0 aliphatic rings. The lowest BCUT2D eigenvalue weighted by Gasteiger charge is -2.16. The van der Waals surface area contributed by atoms with Crippen molar-refractivity contribution in [1.82, 2.24) is 5.32 Å². The number of likely N-dealkylation sites (N-methyl/N-ethyl adjacent to an activating group) is 1. The van der Waals surface area contributed by atoms with E-state index in [-0.39, 0.29) is 6.04 Å². The van der Waals surface area contributed by atoms with E-state index in [1.165, 1.54) is 5.56 Å². The van der Waals surface area contributed by atoms with Crippen LogP contribution in [0.4, 0.5) is 0 Å². The zero-order chi connectivity index (χ0) is 12.1. The van der Waals surface area contributed by atoms with Gasteiger partial charge in [0.15, 0.2) is 0 Å². The second kappa shape index (κ2) is 5.84. The summed E-state index contributed by atoms with van der Waals surface area (Å²) in [6, 6.07) is 8.29. The van der Waals surface area contributed by atoms with E-state index < -0.39 is 0 Å². The lowest BCUT2D eigenvalue weighted by Crippen LogP contribution is -2.25. The molecule has 0 spiro atoms. The minimum atomic E-state index is 0.198. The van der Waals surface area contributed by atoms with Crippen molar-refractivity contribution in [3.8, 4) is 0 Å². The van der Waals surface area contributed by atoms with Crippen LogP contribution in [0, 0.1) is 0 Å². The molecule has 0 fully saturated rings. The first-order valence-corrected chi connectivity index (χ1v) is 6.14. The minimum Gasteiger partial charge on any atom is -0.464 e. The first-order valence-electron chi connectivity index (χ1n) is 6.14. The van der Waals surface area contributed by atoms with Crippen molar-refractivity contribution in [2.24, 2.45) is 0 Å². The Morgan fingerprint density at radius 1 is 1.29 bits per heavy atom. The van der Waals surface area contributed by atoms with Gasteiger partial charge in [-0.25, -0.2) is 0 Å². The molecule has 17 heavy (non-hydrogen) atoms. The van der Waals surface area contributed by atoms with Crippen molar-refractivity contribution in [3.05, 3.63) is 36.1 Å². The Morgan fingerprint density at radius 2 is 2.12 bits per heavy atom. The molecule has 0 aliphatic carbocycles. The van der Waals surface area contributed by atoms with Crippen LogP contribution < -0.4 is 5.32 Å². The van der Waals surface area contributed by atoms with Gasteiger partial charge in [0, 0.05) is 17.6 Å². The molecular formula is C14H19NO2. The van der Waals surface area contributed by atoms with Crippen molar-refractivity contribution in [2.75, 3.05) is 19.8 Å². The van der Waals surface area contributed by atoms with Crippen molar-refractivity contribution in [3.63, 3.8) is 0 Å². The molecule has 0 aliphatic heterocycles. The zero-order valence-corrected chi connectivity index (χ0v) is 10.4. The molecule has 3 heteroatoms. The van der Waals surface area contributed by atoms with Gasteiger partial charge in [-0.15, -0.1) is 0 Å². The van der Waals surface area contributed by atoms with E-state index >= 15 is 0 Å². The van der Waals surface area contributed by atoms with Gasteiger partial charge in [0.05, 0.1) is 18.9 Å². The third-order valence-electron chi connectivity index (χ3n) is 2.83. The first-order chi connectivity index (χ1) is 8.36. The molecule has 0 saturated carbocycles. The van der Waals surface area contributed by atoms with Gasteiger partial charge in [0.25, 0.3) is 0 Å². The van der Waals surface area contributed by atoms with Crippen LogP contribution in [-0.4, -0.2) is 19.8 Å². The highest BCUT2D eigenvalue weighted by molar-refractivity contribution is 5.81. The Bertz CT molecular complexity index is 464. The van der Waals surface area contributed by atoms with Crippen LogP contribution in [0.25, 0.3) is 11.0 Å². The largest absolute Gasteiger partial charge is 0.464 e. The molecule has 2 rings (SSSR count). The SMILES string of the molecule is CCNC(COCC)c1coc2ccccc12. The van der Waals surface area contributed by atoms with Crippen molar-refractivity contribution < 1.29 is 9.15 Å².